The highest BCUT2D eigenvalue weighted by Gasteiger charge is 2.29. The first-order valence-corrected chi connectivity index (χ1v) is 6.39. The highest BCUT2D eigenvalue weighted by atomic mass is 16.3. The molecule has 0 aromatic rings. The molecular formula is C12H22N2O2. The molecule has 2 atom stereocenters. The number of hydrogen-bond acceptors (Lipinski definition) is 3. The monoisotopic (exact) mass is 226 g/mol. The number of nitrogens with one attached hydrogen (secondary N) is 1. The summed E-state index contributed by atoms with van der Waals surface area (Å²) in [5.74, 6) is 0.302. The highest BCUT2D eigenvalue weighted by Crippen LogP contribution is 2.25. The van der Waals surface area contributed by atoms with Crippen LogP contribution >= 0.6 is 0 Å². The molecule has 2 fully saturated rings. The maximum absolute atomic E-state index is 11.9. The maximum Gasteiger partial charge on any atom is 0.223 e. The van der Waals surface area contributed by atoms with Gasteiger partial charge in [0.2, 0.25) is 5.91 Å². The van der Waals surface area contributed by atoms with Crippen molar-refractivity contribution < 1.29 is 9.90 Å². The van der Waals surface area contributed by atoms with Gasteiger partial charge in [0.25, 0.3) is 0 Å². The van der Waals surface area contributed by atoms with Crippen LogP contribution in [0.5, 0.6) is 0 Å². The summed E-state index contributed by atoms with van der Waals surface area (Å²) in [6.45, 7) is 0. The summed E-state index contributed by atoms with van der Waals surface area (Å²) < 4.78 is 0. The predicted octanol–water partition coefficient (Wildman–Crippen LogP) is 0.533. The smallest absolute Gasteiger partial charge is 0.223 e. The quantitative estimate of drug-likeness (QED) is 0.643. The topological polar surface area (TPSA) is 75.4 Å². The van der Waals surface area contributed by atoms with E-state index < -0.39 is 0 Å². The Bertz CT molecular complexity index is 249. The normalized spacial score (nSPS) is 39.6. The van der Waals surface area contributed by atoms with Crippen molar-refractivity contribution >= 4 is 5.91 Å². The van der Waals surface area contributed by atoms with Gasteiger partial charge in [0.1, 0.15) is 0 Å². The van der Waals surface area contributed by atoms with Crippen LogP contribution in [0.2, 0.25) is 0 Å². The molecule has 0 aliphatic heterocycles. The van der Waals surface area contributed by atoms with Crippen LogP contribution in [0.4, 0.5) is 0 Å². The van der Waals surface area contributed by atoms with Gasteiger partial charge in [0.15, 0.2) is 0 Å². The van der Waals surface area contributed by atoms with Crippen LogP contribution in [0.1, 0.15) is 44.9 Å². The summed E-state index contributed by atoms with van der Waals surface area (Å²) >= 11 is 0. The van der Waals surface area contributed by atoms with Crippen molar-refractivity contribution in [3.8, 4) is 0 Å². The minimum atomic E-state index is -0.159. The van der Waals surface area contributed by atoms with Crippen molar-refractivity contribution in [2.24, 2.45) is 11.7 Å². The van der Waals surface area contributed by atoms with E-state index >= 15 is 0 Å². The lowest BCUT2D eigenvalue weighted by Gasteiger charge is -2.27. The molecule has 0 spiro atoms. The lowest BCUT2D eigenvalue weighted by molar-refractivity contribution is -0.125. The number of nitrogens with two attached hydrogens (primary N) is 1. The molecule has 4 N–H and O–H groups in total. The third kappa shape index (κ3) is 2.95. The summed E-state index contributed by atoms with van der Waals surface area (Å²) in [7, 11) is 0. The summed E-state index contributed by atoms with van der Waals surface area (Å²) in [5, 5.41) is 12.5. The molecule has 2 aliphatic carbocycles. The summed E-state index contributed by atoms with van der Waals surface area (Å²) in [5.41, 5.74) is 5.80. The summed E-state index contributed by atoms with van der Waals surface area (Å²) in [4.78, 5) is 11.9. The molecule has 4 heteroatoms. The molecule has 0 heterocycles. The van der Waals surface area contributed by atoms with Gasteiger partial charge in [-0.1, -0.05) is 0 Å². The Morgan fingerprint density at radius 2 is 1.81 bits per heavy atom. The van der Waals surface area contributed by atoms with E-state index in [0.717, 1.165) is 44.9 Å². The average Bonchev–Trinajstić information content (AvgIpc) is 2.68. The molecule has 0 radical (unpaired) electrons. The average molecular weight is 226 g/mol. The van der Waals surface area contributed by atoms with E-state index in [4.69, 9.17) is 5.73 Å². The second-order valence-corrected chi connectivity index (χ2v) is 5.28. The van der Waals surface area contributed by atoms with Crippen LogP contribution < -0.4 is 11.1 Å². The second-order valence-electron chi connectivity index (χ2n) is 5.28. The zero-order chi connectivity index (χ0) is 11.5. The number of amides is 1. The number of carbonyl (C=O) groups is 1. The molecule has 0 aromatic heterocycles. The number of rotatable bonds is 2. The van der Waals surface area contributed by atoms with E-state index in [1.807, 2.05) is 0 Å². The number of hydrogen-bond donors (Lipinski definition) is 3. The molecule has 92 valence electrons. The van der Waals surface area contributed by atoms with E-state index in [9.17, 15) is 9.90 Å². The predicted molar refractivity (Wildman–Crippen MR) is 61.7 cm³/mol. The third-order valence-electron chi connectivity index (χ3n) is 3.89. The van der Waals surface area contributed by atoms with Crippen molar-refractivity contribution in [2.75, 3.05) is 0 Å². The van der Waals surface area contributed by atoms with E-state index in [0.29, 0.717) is 0 Å². The van der Waals surface area contributed by atoms with E-state index in [-0.39, 0.29) is 30.0 Å². The molecule has 0 aromatic carbocycles. The third-order valence-corrected chi connectivity index (χ3v) is 3.89. The Labute approximate surface area is 96.6 Å². The number of aliphatic hydroxyl groups is 1. The first kappa shape index (κ1) is 11.9. The fourth-order valence-electron chi connectivity index (χ4n) is 2.79. The second kappa shape index (κ2) is 5.15. The van der Waals surface area contributed by atoms with Crippen molar-refractivity contribution in [2.45, 2.75) is 63.1 Å². The molecule has 1 amide bonds. The van der Waals surface area contributed by atoms with Gasteiger partial charge in [-0.3, -0.25) is 4.79 Å². The fraction of sp³-hybridized carbons (Fsp3) is 0.917. The largest absolute Gasteiger partial charge is 0.393 e. The number of carbonyl (C=O) groups excluding carboxylic acids is 1. The Balaban J connectivity index is 1.75. The minimum Gasteiger partial charge on any atom is -0.393 e. The van der Waals surface area contributed by atoms with Crippen molar-refractivity contribution in [1.82, 2.24) is 5.32 Å². The van der Waals surface area contributed by atoms with Gasteiger partial charge in [-0.25, -0.2) is 0 Å². The molecule has 2 rings (SSSR count). The Hall–Kier alpha value is -0.610. The molecule has 16 heavy (non-hydrogen) atoms. The maximum atomic E-state index is 11.9. The summed E-state index contributed by atoms with van der Waals surface area (Å²) in [6, 6.07) is 0.483. The molecular weight excluding hydrogens is 204 g/mol. The van der Waals surface area contributed by atoms with Gasteiger partial charge in [-0.05, 0) is 44.9 Å². The lowest BCUT2D eigenvalue weighted by Crippen LogP contribution is -2.41. The Kier molecular flexibility index (Phi) is 3.82. The van der Waals surface area contributed by atoms with E-state index in [1.165, 1.54) is 0 Å². The first-order chi connectivity index (χ1) is 7.65. The standard InChI is InChI=1S/C12H22N2O2/c13-9-2-1-8(7-9)12(16)14-10-3-5-11(15)6-4-10/h8-11,15H,1-7,13H2,(H,14,16). The van der Waals surface area contributed by atoms with Crippen LogP contribution in [-0.2, 0) is 4.79 Å². The molecule has 2 saturated carbocycles. The van der Waals surface area contributed by atoms with Crippen LogP contribution in [-0.4, -0.2) is 29.2 Å². The molecule has 2 aliphatic rings. The van der Waals surface area contributed by atoms with Crippen LogP contribution in [0.25, 0.3) is 0 Å². The van der Waals surface area contributed by atoms with Crippen molar-refractivity contribution in [3.63, 3.8) is 0 Å². The highest BCUT2D eigenvalue weighted by molar-refractivity contribution is 5.79. The SMILES string of the molecule is NC1CCC(C(=O)NC2CCC(O)CC2)C1. The van der Waals surface area contributed by atoms with Gasteiger partial charge < -0.3 is 16.2 Å². The van der Waals surface area contributed by atoms with Crippen molar-refractivity contribution in [3.05, 3.63) is 0 Å². The van der Waals surface area contributed by atoms with Crippen LogP contribution in [0.15, 0.2) is 0 Å². The molecule has 2 unspecified atom stereocenters. The minimum absolute atomic E-state index is 0.127. The first-order valence-electron chi connectivity index (χ1n) is 6.39. The molecule has 0 bridgehead atoms. The van der Waals surface area contributed by atoms with Gasteiger partial charge >= 0.3 is 0 Å². The zero-order valence-corrected chi connectivity index (χ0v) is 9.69. The van der Waals surface area contributed by atoms with Crippen LogP contribution in [0.3, 0.4) is 0 Å². The lowest BCUT2D eigenvalue weighted by atomic mass is 9.92. The van der Waals surface area contributed by atoms with E-state index in [2.05, 4.69) is 5.32 Å². The van der Waals surface area contributed by atoms with Gasteiger partial charge in [0.05, 0.1) is 6.10 Å². The molecule has 0 saturated heterocycles. The van der Waals surface area contributed by atoms with Crippen molar-refractivity contribution in [1.29, 1.82) is 0 Å². The zero-order valence-electron chi connectivity index (χ0n) is 9.69. The van der Waals surface area contributed by atoms with Gasteiger partial charge in [-0.15, -0.1) is 0 Å². The number of aliphatic hydroxyl groups excluding tert-OH is 1. The van der Waals surface area contributed by atoms with Gasteiger partial charge in [-0.2, -0.15) is 0 Å². The van der Waals surface area contributed by atoms with E-state index in [1.54, 1.807) is 0 Å². The fourth-order valence-corrected chi connectivity index (χ4v) is 2.79. The molecule has 4 nitrogen and oxygen atoms in total. The summed E-state index contributed by atoms with van der Waals surface area (Å²) in [6.07, 6.45) is 6.03. The Morgan fingerprint density at radius 3 is 2.38 bits per heavy atom. The van der Waals surface area contributed by atoms with Crippen LogP contribution in [0, 0.1) is 5.92 Å². The van der Waals surface area contributed by atoms with Gasteiger partial charge in [0, 0.05) is 18.0 Å². The Morgan fingerprint density at radius 1 is 1.12 bits per heavy atom.